The molecule has 0 heterocycles. The second-order valence-electron chi connectivity index (χ2n) is 5.62. The second-order valence-corrected chi connectivity index (χ2v) is 6.46. The standard InChI is InChI=1S/C21H14Cl2N2O3/c22-16-10-11-17(18(23)12-16)20(26)25-24-13-15-8-4-5-9-19(15)28-21(27)14-6-2-1-3-7-14/h1-13H,(H,25,26)/b24-13+. The minimum absolute atomic E-state index is 0.220. The average Bonchev–Trinajstić information content (AvgIpc) is 2.69. The Morgan fingerprint density at radius 2 is 1.64 bits per heavy atom. The first-order valence-corrected chi connectivity index (χ1v) is 8.95. The summed E-state index contributed by atoms with van der Waals surface area (Å²) in [7, 11) is 0. The predicted molar refractivity (Wildman–Crippen MR) is 109 cm³/mol. The number of hydrogen-bond donors (Lipinski definition) is 1. The molecule has 3 aromatic carbocycles. The van der Waals surface area contributed by atoms with Crippen LogP contribution in [-0.2, 0) is 0 Å². The van der Waals surface area contributed by atoms with E-state index in [0.717, 1.165) is 0 Å². The van der Waals surface area contributed by atoms with Crippen molar-refractivity contribution in [3.63, 3.8) is 0 Å². The Morgan fingerprint density at radius 1 is 0.929 bits per heavy atom. The molecule has 0 unspecified atom stereocenters. The maximum Gasteiger partial charge on any atom is 0.343 e. The van der Waals surface area contributed by atoms with Gasteiger partial charge in [0.05, 0.1) is 22.4 Å². The van der Waals surface area contributed by atoms with Gasteiger partial charge in [0.15, 0.2) is 0 Å². The first-order valence-electron chi connectivity index (χ1n) is 8.19. The highest BCUT2D eigenvalue weighted by Gasteiger charge is 2.11. The van der Waals surface area contributed by atoms with E-state index in [-0.39, 0.29) is 10.6 Å². The second kappa shape index (κ2) is 9.17. The SMILES string of the molecule is O=C(Oc1ccccc1/C=N/NC(=O)c1ccc(Cl)cc1Cl)c1ccccc1. The highest BCUT2D eigenvalue weighted by molar-refractivity contribution is 6.36. The summed E-state index contributed by atoms with van der Waals surface area (Å²) >= 11 is 11.8. The van der Waals surface area contributed by atoms with Crippen molar-refractivity contribution in [3.8, 4) is 5.75 Å². The van der Waals surface area contributed by atoms with E-state index in [1.807, 2.05) is 6.07 Å². The number of ether oxygens (including phenoxy) is 1. The van der Waals surface area contributed by atoms with Crippen LogP contribution in [0.25, 0.3) is 0 Å². The van der Waals surface area contributed by atoms with E-state index >= 15 is 0 Å². The van der Waals surface area contributed by atoms with E-state index in [1.165, 1.54) is 18.3 Å². The number of esters is 1. The summed E-state index contributed by atoms with van der Waals surface area (Å²) in [6.07, 6.45) is 1.38. The number of rotatable bonds is 5. The maximum absolute atomic E-state index is 12.2. The number of carbonyl (C=O) groups excluding carboxylic acids is 2. The summed E-state index contributed by atoms with van der Waals surface area (Å²) in [6, 6.07) is 20.0. The lowest BCUT2D eigenvalue weighted by Crippen LogP contribution is -2.18. The van der Waals surface area contributed by atoms with Crippen LogP contribution < -0.4 is 10.2 Å². The molecule has 0 saturated carbocycles. The number of nitrogens with one attached hydrogen (secondary N) is 1. The van der Waals surface area contributed by atoms with Crippen LogP contribution in [0.2, 0.25) is 10.0 Å². The number of hydrazone groups is 1. The Hall–Kier alpha value is -3.15. The molecule has 3 aromatic rings. The smallest absolute Gasteiger partial charge is 0.343 e. The van der Waals surface area contributed by atoms with Crippen molar-refractivity contribution in [2.24, 2.45) is 5.10 Å². The molecule has 1 amide bonds. The van der Waals surface area contributed by atoms with Gasteiger partial charge < -0.3 is 4.74 Å². The van der Waals surface area contributed by atoms with E-state index in [4.69, 9.17) is 27.9 Å². The van der Waals surface area contributed by atoms with Crippen LogP contribution in [0.1, 0.15) is 26.3 Å². The van der Waals surface area contributed by atoms with Crippen LogP contribution in [0.4, 0.5) is 0 Å². The van der Waals surface area contributed by atoms with Crippen LogP contribution in [0.15, 0.2) is 77.9 Å². The van der Waals surface area contributed by atoms with Crippen LogP contribution in [-0.4, -0.2) is 18.1 Å². The number of nitrogens with zero attached hydrogens (tertiary/aromatic N) is 1. The topological polar surface area (TPSA) is 67.8 Å². The molecular weight excluding hydrogens is 399 g/mol. The van der Waals surface area contributed by atoms with E-state index in [1.54, 1.807) is 54.6 Å². The molecule has 28 heavy (non-hydrogen) atoms. The first-order chi connectivity index (χ1) is 13.5. The molecule has 0 aromatic heterocycles. The van der Waals surface area contributed by atoms with E-state index in [0.29, 0.717) is 21.9 Å². The fraction of sp³-hybridized carbons (Fsp3) is 0. The van der Waals surface area contributed by atoms with Gasteiger partial charge in [0.25, 0.3) is 5.91 Å². The number of benzene rings is 3. The van der Waals surface area contributed by atoms with Crippen molar-refractivity contribution in [2.45, 2.75) is 0 Å². The third kappa shape index (κ3) is 4.97. The Bertz CT molecular complexity index is 1040. The normalized spacial score (nSPS) is 10.6. The minimum atomic E-state index is -0.489. The summed E-state index contributed by atoms with van der Waals surface area (Å²) in [5.74, 6) is -0.658. The molecule has 0 bridgehead atoms. The molecule has 0 saturated heterocycles. The quantitative estimate of drug-likeness (QED) is 0.278. The van der Waals surface area contributed by atoms with Gasteiger partial charge in [-0.25, -0.2) is 10.2 Å². The van der Waals surface area contributed by atoms with Gasteiger partial charge in [-0.15, -0.1) is 0 Å². The number of halogens is 2. The molecule has 0 fully saturated rings. The number of hydrogen-bond acceptors (Lipinski definition) is 4. The summed E-state index contributed by atoms with van der Waals surface area (Å²) in [4.78, 5) is 24.4. The Kier molecular flexibility index (Phi) is 6.42. The van der Waals surface area contributed by atoms with Crippen molar-refractivity contribution in [1.82, 2.24) is 5.43 Å². The minimum Gasteiger partial charge on any atom is -0.422 e. The molecular formula is C21H14Cl2N2O3. The summed E-state index contributed by atoms with van der Waals surface area (Å²) in [5.41, 5.74) is 3.58. The highest BCUT2D eigenvalue weighted by atomic mass is 35.5. The highest BCUT2D eigenvalue weighted by Crippen LogP contribution is 2.21. The molecule has 0 aliphatic rings. The van der Waals surface area contributed by atoms with Crippen LogP contribution in [0, 0.1) is 0 Å². The first kappa shape index (κ1) is 19.6. The number of amides is 1. The largest absolute Gasteiger partial charge is 0.422 e. The van der Waals surface area contributed by atoms with E-state index < -0.39 is 11.9 Å². The molecule has 0 spiro atoms. The van der Waals surface area contributed by atoms with Gasteiger partial charge in [-0.1, -0.05) is 53.5 Å². The van der Waals surface area contributed by atoms with Crippen molar-refractivity contribution in [2.75, 3.05) is 0 Å². The van der Waals surface area contributed by atoms with Crippen LogP contribution >= 0.6 is 23.2 Å². The number of para-hydroxylation sites is 1. The Balaban J connectivity index is 1.71. The molecule has 140 valence electrons. The van der Waals surface area contributed by atoms with Gasteiger partial charge in [0.2, 0.25) is 0 Å². The van der Waals surface area contributed by atoms with Gasteiger partial charge in [0.1, 0.15) is 5.75 Å². The lowest BCUT2D eigenvalue weighted by molar-refractivity contribution is 0.0734. The van der Waals surface area contributed by atoms with Crippen molar-refractivity contribution in [3.05, 3.63) is 99.5 Å². The summed E-state index contributed by atoms with van der Waals surface area (Å²) < 4.78 is 5.43. The lowest BCUT2D eigenvalue weighted by Gasteiger charge is -2.07. The molecule has 0 aliphatic heterocycles. The lowest BCUT2D eigenvalue weighted by atomic mass is 10.2. The van der Waals surface area contributed by atoms with Gasteiger partial charge in [-0.05, 0) is 42.5 Å². The fourth-order valence-corrected chi connectivity index (χ4v) is 2.80. The summed E-state index contributed by atoms with van der Waals surface area (Å²) in [5, 5.41) is 4.56. The molecule has 3 rings (SSSR count). The van der Waals surface area contributed by atoms with Crippen molar-refractivity contribution in [1.29, 1.82) is 0 Å². The maximum atomic E-state index is 12.2. The molecule has 5 nitrogen and oxygen atoms in total. The van der Waals surface area contributed by atoms with Crippen molar-refractivity contribution < 1.29 is 14.3 Å². The van der Waals surface area contributed by atoms with Crippen LogP contribution in [0.3, 0.4) is 0 Å². The average molecular weight is 413 g/mol. The summed E-state index contributed by atoms with van der Waals surface area (Å²) in [6.45, 7) is 0. The van der Waals surface area contributed by atoms with Gasteiger partial charge >= 0.3 is 5.97 Å². The monoisotopic (exact) mass is 412 g/mol. The Labute approximate surface area is 171 Å². The van der Waals surface area contributed by atoms with Gasteiger partial charge in [-0.2, -0.15) is 5.10 Å². The van der Waals surface area contributed by atoms with Crippen molar-refractivity contribution >= 4 is 41.3 Å². The van der Waals surface area contributed by atoms with E-state index in [9.17, 15) is 9.59 Å². The zero-order valence-electron chi connectivity index (χ0n) is 14.4. The zero-order valence-corrected chi connectivity index (χ0v) is 15.9. The third-order valence-corrected chi connectivity index (χ3v) is 4.22. The molecule has 1 N–H and O–H groups in total. The van der Waals surface area contributed by atoms with E-state index in [2.05, 4.69) is 10.5 Å². The van der Waals surface area contributed by atoms with Crippen LogP contribution in [0.5, 0.6) is 5.75 Å². The fourth-order valence-electron chi connectivity index (χ4n) is 2.31. The molecule has 0 radical (unpaired) electrons. The Morgan fingerprint density at radius 3 is 2.39 bits per heavy atom. The molecule has 0 aliphatic carbocycles. The molecule has 7 heteroatoms. The predicted octanol–water partition coefficient (Wildman–Crippen LogP) is 4.98. The van der Waals surface area contributed by atoms with Gasteiger partial charge in [-0.3, -0.25) is 4.79 Å². The van der Waals surface area contributed by atoms with Gasteiger partial charge in [0, 0.05) is 10.6 Å². The zero-order chi connectivity index (χ0) is 19.9. The third-order valence-electron chi connectivity index (χ3n) is 3.68. The molecule has 0 atom stereocenters. The number of carbonyl (C=O) groups is 2.